The Bertz CT molecular complexity index is 838. The van der Waals surface area contributed by atoms with Crippen molar-refractivity contribution in [1.82, 2.24) is 9.97 Å². The summed E-state index contributed by atoms with van der Waals surface area (Å²) < 4.78 is 12.6. The Balaban J connectivity index is 2.23. The van der Waals surface area contributed by atoms with E-state index in [1.165, 1.54) is 30.6 Å². The van der Waals surface area contributed by atoms with Crippen LogP contribution in [-0.4, -0.2) is 58.1 Å². The molecule has 3 rings (SSSR count). The molecule has 0 saturated heterocycles. The van der Waals surface area contributed by atoms with Crippen molar-refractivity contribution in [3.63, 3.8) is 0 Å². The van der Waals surface area contributed by atoms with Crippen LogP contribution >= 0.6 is 0 Å². The molecule has 0 bridgehead atoms. The molecule has 9 nitrogen and oxygen atoms in total. The molecule has 2 aromatic rings. The summed E-state index contributed by atoms with van der Waals surface area (Å²) in [4.78, 5) is 31.7. The largest absolute Gasteiger partial charge is 0.604 e. The maximum absolute atomic E-state index is 12.6. The summed E-state index contributed by atoms with van der Waals surface area (Å²) in [6, 6.07) is 5.04. The van der Waals surface area contributed by atoms with Gasteiger partial charge in [-0.15, -0.1) is 0 Å². The van der Waals surface area contributed by atoms with Gasteiger partial charge in [0.25, 0.3) is 11.6 Å². The van der Waals surface area contributed by atoms with E-state index in [1.807, 2.05) is 0 Å². The second-order valence-electron chi connectivity index (χ2n) is 4.98. The van der Waals surface area contributed by atoms with E-state index >= 15 is 0 Å². The Morgan fingerprint density at radius 2 is 1.50 bits per heavy atom. The molecule has 1 aromatic heterocycles. The Morgan fingerprint density at radius 1 is 0.917 bits per heavy atom. The highest BCUT2D eigenvalue weighted by atomic mass is 32.2. The number of hydrogen-bond donors (Lipinski definition) is 4. The zero-order valence-electron chi connectivity index (χ0n) is 11.8. The molecule has 0 amide bonds. The fourth-order valence-corrected chi connectivity index (χ4v) is 3.37. The van der Waals surface area contributed by atoms with Crippen molar-refractivity contribution in [3.8, 4) is 0 Å². The van der Waals surface area contributed by atoms with Crippen LogP contribution in [0.3, 0.4) is 0 Å². The molecule has 0 radical (unpaired) electrons. The van der Waals surface area contributed by atoms with E-state index in [-0.39, 0.29) is 10.1 Å². The summed E-state index contributed by atoms with van der Waals surface area (Å²) in [6.07, 6.45) is 2.63. The first-order valence-electron chi connectivity index (χ1n) is 6.50. The number of carbonyl (C=O) groups is 2. The summed E-state index contributed by atoms with van der Waals surface area (Å²) in [5.41, 5.74) is -1.08. The lowest BCUT2D eigenvalue weighted by Gasteiger charge is -2.36. The van der Waals surface area contributed by atoms with Crippen LogP contribution < -0.4 is 0 Å². The Morgan fingerprint density at radius 3 is 2.12 bits per heavy atom. The van der Waals surface area contributed by atoms with Gasteiger partial charge in [-0.2, -0.15) is 9.97 Å². The smallest absolute Gasteiger partial charge is 0.348 e. The highest BCUT2D eigenvalue weighted by molar-refractivity contribution is 7.91. The van der Waals surface area contributed by atoms with E-state index in [4.69, 9.17) is 0 Å². The van der Waals surface area contributed by atoms with Gasteiger partial charge < -0.3 is 25.0 Å². The summed E-state index contributed by atoms with van der Waals surface area (Å²) in [5.74, 6) is -10.6. The highest BCUT2D eigenvalue weighted by Gasteiger charge is 2.64. The Kier molecular flexibility index (Phi) is 3.75. The molecule has 124 valence electrons. The van der Waals surface area contributed by atoms with Gasteiger partial charge in [0.1, 0.15) is 0 Å². The lowest BCUT2D eigenvalue weighted by molar-refractivity contribution is -0.299. The van der Waals surface area contributed by atoms with Gasteiger partial charge in [-0.1, -0.05) is 12.1 Å². The van der Waals surface area contributed by atoms with Crippen molar-refractivity contribution in [2.45, 2.75) is 21.6 Å². The zero-order chi connectivity index (χ0) is 17.7. The molecule has 1 aliphatic carbocycles. The van der Waals surface area contributed by atoms with Gasteiger partial charge in [-0.25, -0.2) is 0 Å². The minimum atomic E-state index is -3.78. The van der Waals surface area contributed by atoms with Gasteiger partial charge in [0, 0.05) is 18.0 Å². The van der Waals surface area contributed by atoms with Crippen LogP contribution in [0.2, 0.25) is 0 Å². The lowest BCUT2D eigenvalue weighted by atomic mass is 9.80. The molecule has 0 saturated carbocycles. The van der Waals surface area contributed by atoms with Crippen LogP contribution in [0, 0.1) is 0 Å². The molecule has 1 heterocycles. The summed E-state index contributed by atoms with van der Waals surface area (Å²) >= 11 is -2.11. The van der Waals surface area contributed by atoms with Crippen LogP contribution in [0.15, 0.2) is 46.7 Å². The molecule has 1 aliphatic rings. The van der Waals surface area contributed by atoms with Crippen LogP contribution in [-0.2, 0) is 11.2 Å². The topological polar surface area (TPSA) is 164 Å². The third kappa shape index (κ3) is 2.17. The average Bonchev–Trinajstić information content (AvgIpc) is 2.58. The number of nitrogens with zero attached hydrogens (tertiary/aromatic N) is 2. The fraction of sp³-hybridized carbons (Fsp3) is 0.143. The lowest BCUT2D eigenvalue weighted by Crippen LogP contribution is -2.66. The van der Waals surface area contributed by atoms with Crippen molar-refractivity contribution in [3.05, 3.63) is 47.8 Å². The molecule has 0 spiro atoms. The molecule has 0 aliphatic heterocycles. The molecule has 24 heavy (non-hydrogen) atoms. The summed E-state index contributed by atoms with van der Waals surface area (Å²) in [6.45, 7) is 0. The summed E-state index contributed by atoms with van der Waals surface area (Å²) in [7, 11) is 0. The normalized spacial score (nSPS) is 19.7. The number of aromatic nitrogens is 2. The minimum absolute atomic E-state index is 0.169. The van der Waals surface area contributed by atoms with Gasteiger partial charge in [0.15, 0.2) is 4.90 Å². The number of Topliss-reactive ketones (excluding diaryl/α,β-unsaturated/α-hetero) is 2. The first-order valence-corrected chi connectivity index (χ1v) is 7.65. The van der Waals surface area contributed by atoms with Gasteiger partial charge in [-0.05, 0) is 12.1 Å². The molecular formula is C14H10N2O7S. The molecule has 4 N–H and O–H groups in total. The molecular weight excluding hydrogens is 340 g/mol. The van der Waals surface area contributed by atoms with Crippen LogP contribution in [0.1, 0.15) is 20.7 Å². The standard InChI is InChI=1S/C14H10N2O7S/c17-10-7-3-1-4-8(24(23)12-15-5-2-6-16-12)9(7)11(18)14(21,22)13(10,19)20/h1-6,19-22H. The second kappa shape index (κ2) is 5.41. The van der Waals surface area contributed by atoms with E-state index in [0.717, 1.165) is 6.07 Å². The van der Waals surface area contributed by atoms with E-state index < -0.39 is 45.4 Å². The predicted molar refractivity (Wildman–Crippen MR) is 76.1 cm³/mol. The number of fused-ring (bicyclic) bond motifs is 1. The van der Waals surface area contributed by atoms with Crippen molar-refractivity contribution in [1.29, 1.82) is 0 Å². The molecule has 1 aromatic carbocycles. The number of carbonyl (C=O) groups excluding carboxylic acids is 2. The van der Waals surface area contributed by atoms with E-state index in [0.29, 0.717) is 0 Å². The molecule has 1 atom stereocenters. The predicted octanol–water partition coefficient (Wildman–Crippen LogP) is -1.62. The zero-order valence-corrected chi connectivity index (χ0v) is 12.6. The second-order valence-corrected chi connectivity index (χ2v) is 6.32. The Hall–Kier alpha value is -2.21. The van der Waals surface area contributed by atoms with Gasteiger partial charge >= 0.3 is 5.16 Å². The average molecular weight is 350 g/mol. The first kappa shape index (κ1) is 16.6. The third-order valence-electron chi connectivity index (χ3n) is 3.52. The first-order chi connectivity index (χ1) is 11.2. The van der Waals surface area contributed by atoms with E-state index in [1.54, 1.807) is 0 Å². The monoisotopic (exact) mass is 350 g/mol. The van der Waals surface area contributed by atoms with E-state index in [2.05, 4.69) is 9.97 Å². The van der Waals surface area contributed by atoms with Crippen LogP contribution in [0.4, 0.5) is 0 Å². The van der Waals surface area contributed by atoms with Crippen molar-refractivity contribution in [2.75, 3.05) is 0 Å². The van der Waals surface area contributed by atoms with Crippen molar-refractivity contribution in [2.24, 2.45) is 0 Å². The number of ketones is 2. The maximum atomic E-state index is 12.6. The number of benzene rings is 1. The van der Waals surface area contributed by atoms with E-state index in [9.17, 15) is 34.6 Å². The highest BCUT2D eigenvalue weighted by Crippen LogP contribution is 2.37. The maximum Gasteiger partial charge on any atom is 0.348 e. The van der Waals surface area contributed by atoms with Gasteiger partial charge in [-0.3, -0.25) is 9.59 Å². The van der Waals surface area contributed by atoms with Crippen molar-refractivity contribution >= 4 is 22.7 Å². The van der Waals surface area contributed by atoms with Crippen molar-refractivity contribution < 1.29 is 34.6 Å². The van der Waals surface area contributed by atoms with Gasteiger partial charge in [0.05, 0.1) is 16.7 Å². The molecule has 0 fully saturated rings. The Labute approximate surface area is 137 Å². The SMILES string of the molecule is O=C1c2cccc([S+]([O-])c3ncccn3)c2C(=O)C(O)(O)C1(O)O. The summed E-state index contributed by atoms with van der Waals surface area (Å²) in [5, 5.41) is 38.5. The third-order valence-corrected chi connectivity index (χ3v) is 4.81. The molecule has 1 unspecified atom stereocenters. The number of rotatable bonds is 2. The quantitative estimate of drug-likeness (QED) is 0.283. The number of aliphatic hydroxyl groups is 4. The van der Waals surface area contributed by atoms with Gasteiger partial charge in [0.2, 0.25) is 11.6 Å². The van der Waals surface area contributed by atoms with Crippen LogP contribution in [0.25, 0.3) is 0 Å². The fourth-order valence-electron chi connectivity index (χ4n) is 2.27. The minimum Gasteiger partial charge on any atom is -0.604 e. The van der Waals surface area contributed by atoms with Crippen LogP contribution in [0.5, 0.6) is 0 Å². The number of hydrogen-bond acceptors (Lipinski definition) is 9. The molecule has 10 heteroatoms.